The van der Waals surface area contributed by atoms with Gasteiger partial charge in [0.15, 0.2) is 0 Å². The maximum atomic E-state index is 11.0. The van der Waals surface area contributed by atoms with Crippen molar-refractivity contribution >= 4 is 10.0 Å². The van der Waals surface area contributed by atoms with Crippen molar-refractivity contribution < 1.29 is 17.9 Å². The number of furan rings is 1. The number of sulfonamides is 1. The normalized spacial score (nSPS) is 25.2. The second-order valence-corrected chi connectivity index (χ2v) is 6.16. The molecule has 0 aromatic carbocycles. The number of rotatable bonds is 4. The fourth-order valence-electron chi connectivity index (χ4n) is 2.20. The Morgan fingerprint density at radius 2 is 2.22 bits per heavy atom. The Kier molecular flexibility index (Phi) is 4.06. The zero-order chi connectivity index (χ0) is 13.2. The van der Waals surface area contributed by atoms with Gasteiger partial charge in [-0.1, -0.05) is 0 Å². The minimum Gasteiger partial charge on any atom is -0.447 e. The second kappa shape index (κ2) is 5.40. The largest absolute Gasteiger partial charge is 0.447 e. The molecule has 0 spiro atoms. The van der Waals surface area contributed by atoms with Crippen molar-refractivity contribution in [1.82, 2.24) is 5.32 Å². The predicted octanol–water partition coefficient (Wildman–Crippen LogP) is 0.320. The van der Waals surface area contributed by atoms with Crippen LogP contribution in [0.2, 0.25) is 0 Å². The van der Waals surface area contributed by atoms with Crippen molar-refractivity contribution in [2.24, 2.45) is 5.14 Å². The number of nitrogens with one attached hydrogen (secondary N) is 1. The quantitative estimate of drug-likeness (QED) is 0.733. The third-order valence-corrected chi connectivity index (χ3v) is 3.91. The molecule has 7 heteroatoms. The molecule has 0 aliphatic heterocycles. The van der Waals surface area contributed by atoms with E-state index in [1.54, 1.807) is 6.07 Å². The Morgan fingerprint density at radius 1 is 1.44 bits per heavy atom. The van der Waals surface area contributed by atoms with Gasteiger partial charge in [-0.15, -0.1) is 0 Å². The maximum Gasteiger partial charge on any atom is 0.271 e. The molecule has 6 nitrogen and oxygen atoms in total. The van der Waals surface area contributed by atoms with Gasteiger partial charge in [-0.3, -0.25) is 0 Å². The van der Waals surface area contributed by atoms with E-state index < -0.39 is 10.0 Å². The van der Waals surface area contributed by atoms with Crippen LogP contribution in [0.1, 0.15) is 31.4 Å². The van der Waals surface area contributed by atoms with Crippen LogP contribution in [-0.2, 0) is 16.6 Å². The van der Waals surface area contributed by atoms with Gasteiger partial charge in [0.1, 0.15) is 5.76 Å². The van der Waals surface area contributed by atoms with Gasteiger partial charge in [0.25, 0.3) is 10.0 Å². The minimum atomic E-state index is -3.77. The van der Waals surface area contributed by atoms with E-state index in [4.69, 9.17) is 9.56 Å². The molecule has 0 bridgehead atoms. The summed E-state index contributed by atoms with van der Waals surface area (Å²) in [6.07, 6.45) is 3.35. The van der Waals surface area contributed by atoms with E-state index in [0.29, 0.717) is 12.3 Å². The molecule has 2 rings (SSSR count). The van der Waals surface area contributed by atoms with Crippen molar-refractivity contribution in [2.75, 3.05) is 0 Å². The predicted molar refractivity (Wildman–Crippen MR) is 65.2 cm³/mol. The zero-order valence-electron chi connectivity index (χ0n) is 10.0. The Hall–Kier alpha value is -0.890. The lowest BCUT2D eigenvalue weighted by molar-refractivity contribution is 0.111. The monoisotopic (exact) mass is 274 g/mol. The average Bonchev–Trinajstić information content (AvgIpc) is 2.74. The van der Waals surface area contributed by atoms with E-state index in [1.807, 2.05) is 0 Å². The van der Waals surface area contributed by atoms with E-state index in [-0.39, 0.29) is 17.2 Å². The van der Waals surface area contributed by atoms with E-state index in [9.17, 15) is 13.5 Å². The Labute approximate surface area is 106 Å². The van der Waals surface area contributed by atoms with Gasteiger partial charge < -0.3 is 14.8 Å². The molecule has 1 aromatic heterocycles. The van der Waals surface area contributed by atoms with Crippen LogP contribution in [0.3, 0.4) is 0 Å². The highest BCUT2D eigenvalue weighted by Gasteiger charge is 2.20. The van der Waals surface area contributed by atoms with Crippen LogP contribution in [0.15, 0.2) is 21.6 Å². The molecule has 0 saturated heterocycles. The number of primary sulfonamides is 1. The molecular weight excluding hydrogens is 256 g/mol. The average molecular weight is 274 g/mol. The van der Waals surface area contributed by atoms with Crippen LogP contribution in [-0.4, -0.2) is 25.7 Å². The van der Waals surface area contributed by atoms with Crippen molar-refractivity contribution in [3.05, 3.63) is 17.9 Å². The summed E-state index contributed by atoms with van der Waals surface area (Å²) in [7, 11) is -3.77. The Morgan fingerprint density at radius 3 is 2.83 bits per heavy atom. The molecule has 1 fully saturated rings. The fraction of sp³-hybridized carbons (Fsp3) is 0.636. The summed E-state index contributed by atoms with van der Waals surface area (Å²) in [6.45, 7) is 0.437. The SMILES string of the molecule is NS(=O)(=O)c1ccc(CNC2CCCC(O)C2)o1. The van der Waals surface area contributed by atoms with Crippen molar-refractivity contribution in [1.29, 1.82) is 0 Å². The first-order valence-corrected chi connectivity index (χ1v) is 7.53. The number of aliphatic hydroxyl groups is 1. The summed E-state index contributed by atoms with van der Waals surface area (Å²) in [5.41, 5.74) is 0. The third-order valence-electron chi connectivity index (χ3n) is 3.13. The van der Waals surface area contributed by atoms with Crippen molar-refractivity contribution in [2.45, 2.75) is 49.5 Å². The summed E-state index contributed by atoms with van der Waals surface area (Å²) in [5, 5.41) is 17.5. The van der Waals surface area contributed by atoms with Crippen LogP contribution in [0.4, 0.5) is 0 Å². The van der Waals surface area contributed by atoms with E-state index in [1.165, 1.54) is 6.07 Å². The lowest BCUT2D eigenvalue weighted by atomic mass is 9.93. The molecule has 4 N–H and O–H groups in total. The summed E-state index contributed by atoms with van der Waals surface area (Å²) in [4.78, 5) is 0. The summed E-state index contributed by atoms with van der Waals surface area (Å²) < 4.78 is 27.2. The van der Waals surface area contributed by atoms with E-state index >= 15 is 0 Å². The molecule has 0 radical (unpaired) electrons. The highest BCUT2D eigenvalue weighted by Crippen LogP contribution is 2.19. The first-order chi connectivity index (χ1) is 8.45. The molecular formula is C11H18N2O4S. The molecule has 1 aliphatic rings. The molecule has 0 amide bonds. The number of aliphatic hydroxyl groups excluding tert-OH is 1. The van der Waals surface area contributed by atoms with E-state index in [0.717, 1.165) is 25.7 Å². The highest BCUT2D eigenvalue weighted by molar-refractivity contribution is 7.89. The van der Waals surface area contributed by atoms with Crippen LogP contribution in [0.25, 0.3) is 0 Å². The molecule has 1 aromatic rings. The molecule has 1 saturated carbocycles. The van der Waals surface area contributed by atoms with Gasteiger partial charge in [0.2, 0.25) is 5.09 Å². The maximum absolute atomic E-state index is 11.0. The van der Waals surface area contributed by atoms with Gasteiger partial charge in [0, 0.05) is 6.04 Å². The third kappa shape index (κ3) is 3.55. The molecule has 2 unspecified atom stereocenters. The summed E-state index contributed by atoms with van der Waals surface area (Å²) in [6, 6.07) is 3.19. The van der Waals surface area contributed by atoms with Gasteiger partial charge in [0.05, 0.1) is 12.6 Å². The molecule has 18 heavy (non-hydrogen) atoms. The number of nitrogens with two attached hydrogens (primary N) is 1. The zero-order valence-corrected chi connectivity index (χ0v) is 10.8. The molecule has 1 heterocycles. The highest BCUT2D eigenvalue weighted by atomic mass is 32.2. The van der Waals surface area contributed by atoms with Crippen molar-refractivity contribution in [3.63, 3.8) is 0 Å². The Balaban J connectivity index is 1.88. The van der Waals surface area contributed by atoms with Gasteiger partial charge in [-0.2, -0.15) is 0 Å². The minimum absolute atomic E-state index is 0.219. The molecule has 102 valence electrons. The lowest BCUT2D eigenvalue weighted by Gasteiger charge is -2.26. The molecule has 1 aliphatic carbocycles. The van der Waals surface area contributed by atoms with Crippen LogP contribution in [0.5, 0.6) is 0 Å². The number of hydrogen-bond donors (Lipinski definition) is 3. The standard InChI is InChI=1S/C11H18N2O4S/c12-18(15,16)11-5-4-10(17-11)7-13-8-2-1-3-9(14)6-8/h4-5,8-9,13-14H,1-3,6-7H2,(H2,12,15,16). The fourth-order valence-corrected chi connectivity index (χ4v) is 2.68. The molecule has 2 atom stereocenters. The first-order valence-electron chi connectivity index (χ1n) is 5.98. The topological polar surface area (TPSA) is 106 Å². The smallest absolute Gasteiger partial charge is 0.271 e. The Bertz CT molecular complexity index is 497. The lowest BCUT2D eigenvalue weighted by Crippen LogP contribution is -2.35. The van der Waals surface area contributed by atoms with Crippen LogP contribution >= 0.6 is 0 Å². The second-order valence-electron chi connectivity index (χ2n) is 4.66. The number of hydrogen-bond acceptors (Lipinski definition) is 5. The van der Waals surface area contributed by atoms with Gasteiger partial charge in [-0.25, -0.2) is 13.6 Å². The summed E-state index contributed by atoms with van der Waals surface area (Å²) >= 11 is 0. The van der Waals surface area contributed by atoms with Crippen LogP contribution in [0, 0.1) is 0 Å². The van der Waals surface area contributed by atoms with Crippen LogP contribution < -0.4 is 10.5 Å². The van der Waals surface area contributed by atoms with E-state index in [2.05, 4.69) is 5.32 Å². The summed E-state index contributed by atoms with van der Waals surface area (Å²) in [5.74, 6) is 0.527. The van der Waals surface area contributed by atoms with Gasteiger partial charge in [-0.05, 0) is 37.8 Å². The van der Waals surface area contributed by atoms with Crippen molar-refractivity contribution in [3.8, 4) is 0 Å². The van der Waals surface area contributed by atoms with Gasteiger partial charge >= 0.3 is 0 Å². The first kappa shape index (κ1) is 13.5.